The van der Waals surface area contributed by atoms with Crippen molar-refractivity contribution in [3.63, 3.8) is 0 Å². The molecule has 1 fully saturated rings. The van der Waals surface area contributed by atoms with Gasteiger partial charge in [0.05, 0.1) is 29.3 Å². The SMILES string of the molecule is CCOc1cc(/C=C2/SC(=Nc3ccc(OC)cc3)N(CC)C2=O)cc(Cl)c1OCc1ccc2ccccc2c1. The van der Waals surface area contributed by atoms with Crippen LogP contribution in [0, 0.1) is 0 Å². The van der Waals surface area contributed by atoms with Crippen LogP contribution >= 0.6 is 23.4 Å². The van der Waals surface area contributed by atoms with Crippen LogP contribution < -0.4 is 14.2 Å². The highest BCUT2D eigenvalue weighted by Gasteiger charge is 2.32. The Kier molecular flexibility index (Phi) is 8.63. The molecule has 0 spiro atoms. The summed E-state index contributed by atoms with van der Waals surface area (Å²) in [6.07, 6.45) is 1.81. The Bertz CT molecular complexity index is 1600. The zero-order valence-electron chi connectivity index (χ0n) is 22.5. The fourth-order valence-corrected chi connectivity index (χ4v) is 5.68. The molecule has 1 aliphatic heterocycles. The number of rotatable bonds is 9. The van der Waals surface area contributed by atoms with E-state index in [4.69, 9.17) is 30.8 Å². The quantitative estimate of drug-likeness (QED) is 0.190. The third-order valence-electron chi connectivity index (χ3n) is 6.33. The van der Waals surface area contributed by atoms with Crippen molar-refractivity contribution >= 4 is 57.0 Å². The van der Waals surface area contributed by atoms with Gasteiger partial charge in [0.15, 0.2) is 16.7 Å². The van der Waals surface area contributed by atoms with Crippen LogP contribution in [0.5, 0.6) is 17.2 Å². The number of amides is 1. The number of halogens is 1. The van der Waals surface area contributed by atoms with Gasteiger partial charge in [-0.3, -0.25) is 9.69 Å². The van der Waals surface area contributed by atoms with Crippen LogP contribution in [0.15, 0.2) is 88.8 Å². The minimum Gasteiger partial charge on any atom is -0.497 e. The highest BCUT2D eigenvalue weighted by atomic mass is 35.5. The molecule has 8 heteroatoms. The zero-order chi connectivity index (χ0) is 28.1. The summed E-state index contributed by atoms with van der Waals surface area (Å²) >= 11 is 8.03. The minimum absolute atomic E-state index is 0.106. The summed E-state index contributed by atoms with van der Waals surface area (Å²) in [5, 5.41) is 3.36. The number of aliphatic imine (C=N–C) groups is 1. The third kappa shape index (κ3) is 6.11. The predicted octanol–water partition coefficient (Wildman–Crippen LogP) is 8.10. The van der Waals surface area contributed by atoms with Crippen LogP contribution in [0.1, 0.15) is 25.0 Å². The molecule has 204 valence electrons. The van der Waals surface area contributed by atoms with Gasteiger partial charge in [-0.05, 0) is 96.0 Å². The molecule has 1 heterocycles. The zero-order valence-corrected chi connectivity index (χ0v) is 24.1. The summed E-state index contributed by atoms with van der Waals surface area (Å²) in [7, 11) is 1.62. The number of amidine groups is 1. The van der Waals surface area contributed by atoms with E-state index in [1.807, 2.05) is 68.5 Å². The highest BCUT2D eigenvalue weighted by Crippen LogP contribution is 2.40. The number of carbonyl (C=O) groups excluding carboxylic acids is 1. The molecule has 1 amide bonds. The minimum atomic E-state index is -0.106. The number of carbonyl (C=O) groups is 1. The van der Waals surface area contributed by atoms with Crippen LogP contribution in [-0.2, 0) is 11.4 Å². The van der Waals surface area contributed by atoms with E-state index in [0.29, 0.717) is 46.4 Å². The average molecular weight is 573 g/mol. The van der Waals surface area contributed by atoms with Crippen molar-refractivity contribution in [2.45, 2.75) is 20.5 Å². The molecule has 0 saturated carbocycles. The Morgan fingerprint density at radius 1 is 0.950 bits per heavy atom. The standard InChI is InChI=1S/C32H29ClN2O4S/c1-4-35-31(36)29(40-32(35)34-25-12-14-26(37-3)15-13-25)19-22-17-27(33)30(28(18-22)38-5-2)39-20-21-10-11-23-8-6-7-9-24(23)16-21/h6-19H,4-5,20H2,1-3H3/b29-19+,34-32?. The van der Waals surface area contributed by atoms with E-state index in [1.54, 1.807) is 18.1 Å². The molecule has 0 atom stereocenters. The molecule has 6 nitrogen and oxygen atoms in total. The molecule has 40 heavy (non-hydrogen) atoms. The number of hydrogen-bond donors (Lipinski definition) is 0. The number of nitrogens with zero attached hydrogens (tertiary/aromatic N) is 2. The molecule has 0 unspecified atom stereocenters. The summed E-state index contributed by atoms with van der Waals surface area (Å²) in [6.45, 7) is 5.12. The summed E-state index contributed by atoms with van der Waals surface area (Å²) < 4.78 is 17.3. The maximum Gasteiger partial charge on any atom is 0.266 e. The van der Waals surface area contributed by atoms with Crippen molar-refractivity contribution in [2.75, 3.05) is 20.3 Å². The number of fused-ring (bicyclic) bond motifs is 1. The predicted molar refractivity (Wildman–Crippen MR) is 164 cm³/mol. The maximum absolute atomic E-state index is 13.2. The molecule has 1 aliphatic rings. The van der Waals surface area contributed by atoms with Crippen molar-refractivity contribution in [1.82, 2.24) is 4.90 Å². The summed E-state index contributed by atoms with van der Waals surface area (Å²) in [5.41, 5.74) is 2.51. The molecule has 0 radical (unpaired) electrons. The van der Waals surface area contributed by atoms with Crippen molar-refractivity contribution in [3.8, 4) is 17.2 Å². The Labute approximate surface area is 243 Å². The van der Waals surface area contributed by atoms with E-state index < -0.39 is 0 Å². The van der Waals surface area contributed by atoms with E-state index >= 15 is 0 Å². The van der Waals surface area contributed by atoms with E-state index in [0.717, 1.165) is 28.0 Å². The van der Waals surface area contributed by atoms with E-state index in [-0.39, 0.29) is 5.91 Å². The van der Waals surface area contributed by atoms with E-state index in [9.17, 15) is 4.79 Å². The molecule has 0 aromatic heterocycles. The van der Waals surface area contributed by atoms with Crippen LogP contribution in [0.3, 0.4) is 0 Å². The Morgan fingerprint density at radius 2 is 1.73 bits per heavy atom. The van der Waals surface area contributed by atoms with Crippen LogP contribution in [0.25, 0.3) is 16.8 Å². The van der Waals surface area contributed by atoms with Crippen LogP contribution in [0.2, 0.25) is 5.02 Å². The molecule has 1 saturated heterocycles. The van der Waals surface area contributed by atoms with Gasteiger partial charge in [0.2, 0.25) is 0 Å². The molecule has 5 rings (SSSR count). The Hall–Kier alpha value is -3.94. The van der Waals surface area contributed by atoms with Gasteiger partial charge in [0, 0.05) is 6.54 Å². The van der Waals surface area contributed by atoms with Crippen molar-refractivity contribution in [3.05, 3.63) is 99.9 Å². The second-order valence-electron chi connectivity index (χ2n) is 8.99. The van der Waals surface area contributed by atoms with Gasteiger partial charge in [0.25, 0.3) is 5.91 Å². The first-order valence-electron chi connectivity index (χ1n) is 13.0. The van der Waals surface area contributed by atoms with Crippen molar-refractivity contribution in [1.29, 1.82) is 0 Å². The van der Waals surface area contributed by atoms with Gasteiger partial charge in [0.1, 0.15) is 12.4 Å². The lowest BCUT2D eigenvalue weighted by molar-refractivity contribution is -0.122. The average Bonchev–Trinajstić information content (AvgIpc) is 3.26. The lowest BCUT2D eigenvalue weighted by Gasteiger charge is -2.15. The first-order valence-corrected chi connectivity index (χ1v) is 14.2. The second kappa shape index (κ2) is 12.5. The largest absolute Gasteiger partial charge is 0.497 e. The monoisotopic (exact) mass is 572 g/mol. The fraction of sp³-hybridized carbons (Fsp3) is 0.188. The lowest BCUT2D eigenvalue weighted by Crippen LogP contribution is -2.28. The topological polar surface area (TPSA) is 60.4 Å². The van der Waals surface area contributed by atoms with Gasteiger partial charge in [-0.2, -0.15) is 0 Å². The number of benzene rings is 4. The van der Waals surface area contributed by atoms with Gasteiger partial charge >= 0.3 is 0 Å². The first-order chi connectivity index (χ1) is 19.5. The molecule has 0 bridgehead atoms. The van der Waals surface area contributed by atoms with Crippen molar-refractivity contribution < 1.29 is 19.0 Å². The van der Waals surface area contributed by atoms with Crippen LogP contribution in [-0.4, -0.2) is 36.2 Å². The molecular weight excluding hydrogens is 544 g/mol. The summed E-state index contributed by atoms with van der Waals surface area (Å²) in [4.78, 5) is 20.1. The number of likely N-dealkylation sites (N-methyl/N-ethyl adjacent to an activating group) is 1. The van der Waals surface area contributed by atoms with Gasteiger partial charge in [-0.25, -0.2) is 4.99 Å². The number of thioether (sulfide) groups is 1. The van der Waals surface area contributed by atoms with Gasteiger partial charge < -0.3 is 14.2 Å². The molecular formula is C32H29ClN2O4S. The van der Waals surface area contributed by atoms with Crippen molar-refractivity contribution in [2.24, 2.45) is 4.99 Å². The van der Waals surface area contributed by atoms with Gasteiger partial charge in [-0.15, -0.1) is 0 Å². The number of methoxy groups -OCH3 is 1. The second-order valence-corrected chi connectivity index (χ2v) is 10.4. The maximum atomic E-state index is 13.2. The molecule has 4 aromatic rings. The fourth-order valence-electron chi connectivity index (χ4n) is 4.35. The summed E-state index contributed by atoms with van der Waals surface area (Å²) in [5.74, 6) is 1.64. The van der Waals surface area contributed by atoms with Crippen LogP contribution in [0.4, 0.5) is 5.69 Å². The van der Waals surface area contributed by atoms with E-state index in [1.165, 1.54) is 17.1 Å². The lowest BCUT2D eigenvalue weighted by atomic mass is 10.1. The highest BCUT2D eigenvalue weighted by molar-refractivity contribution is 8.18. The molecule has 0 aliphatic carbocycles. The Morgan fingerprint density at radius 3 is 2.45 bits per heavy atom. The normalized spacial score (nSPS) is 15.3. The Balaban J connectivity index is 1.39. The van der Waals surface area contributed by atoms with E-state index in [2.05, 4.69) is 24.3 Å². The smallest absolute Gasteiger partial charge is 0.266 e. The summed E-state index contributed by atoms with van der Waals surface area (Å²) in [6, 6.07) is 25.5. The first kappa shape index (κ1) is 27.6. The molecule has 4 aromatic carbocycles. The molecule has 0 N–H and O–H groups in total. The van der Waals surface area contributed by atoms with Gasteiger partial charge in [-0.1, -0.05) is 48.0 Å². The third-order valence-corrected chi connectivity index (χ3v) is 7.62. The number of hydrogen-bond acceptors (Lipinski definition) is 6. The number of ether oxygens (including phenoxy) is 3.